The first-order chi connectivity index (χ1) is 10.1. The molecule has 0 fully saturated rings. The Morgan fingerprint density at radius 2 is 2.27 bits per heavy atom. The van der Waals surface area contributed by atoms with E-state index in [1.54, 1.807) is 16.4 Å². The molecule has 9 heteroatoms. The molecule has 2 rings (SSSR count). The number of amides is 1. The van der Waals surface area contributed by atoms with Gasteiger partial charge in [0, 0.05) is 5.69 Å². The molecule has 1 heterocycles. The van der Waals surface area contributed by atoms with Gasteiger partial charge in [-0.15, -0.1) is 17.5 Å². The highest BCUT2D eigenvalue weighted by Crippen LogP contribution is 2.15. The number of carbonyl (C=O) groups is 1. The molecule has 0 aliphatic carbocycles. The molecule has 2 aromatic rings. The Morgan fingerprint density at radius 3 is 2.91 bits per heavy atom. The molecule has 3 N–H and O–H groups in total. The minimum absolute atomic E-state index is 0. The summed E-state index contributed by atoms with van der Waals surface area (Å²) in [7, 11) is 0. The lowest BCUT2D eigenvalue weighted by molar-refractivity contribution is -0.117. The molecule has 0 unspecified atom stereocenters. The molecule has 1 amide bonds. The number of benzene rings is 1. The largest absolute Gasteiger partial charge is 0.325 e. The smallest absolute Gasteiger partial charge is 0.241 e. The Balaban J connectivity index is 0.00000242. The van der Waals surface area contributed by atoms with Gasteiger partial charge < -0.3 is 11.1 Å². The second-order valence-corrected chi connectivity index (χ2v) is 5.55. The van der Waals surface area contributed by atoms with E-state index in [4.69, 9.17) is 5.73 Å². The van der Waals surface area contributed by atoms with Crippen molar-refractivity contribution in [3.63, 3.8) is 0 Å². The van der Waals surface area contributed by atoms with Crippen LogP contribution in [0.25, 0.3) is 5.69 Å². The second-order valence-electron chi connectivity index (χ2n) is 4.57. The van der Waals surface area contributed by atoms with E-state index < -0.39 is 6.04 Å². The van der Waals surface area contributed by atoms with Crippen molar-refractivity contribution in [1.29, 1.82) is 0 Å². The Morgan fingerprint density at radius 1 is 1.50 bits per heavy atom. The van der Waals surface area contributed by atoms with E-state index in [1.807, 2.05) is 37.4 Å². The molecule has 22 heavy (non-hydrogen) atoms. The van der Waals surface area contributed by atoms with Gasteiger partial charge in [-0.2, -0.15) is 16.4 Å². The van der Waals surface area contributed by atoms with Crippen LogP contribution in [0.4, 0.5) is 5.69 Å². The summed E-state index contributed by atoms with van der Waals surface area (Å²) in [5, 5.41) is 14.2. The molecule has 0 spiro atoms. The molecule has 1 aromatic carbocycles. The number of tetrazole rings is 1. The van der Waals surface area contributed by atoms with Crippen LogP contribution in [0, 0.1) is 6.92 Å². The quantitative estimate of drug-likeness (QED) is 0.823. The number of hydrogen-bond acceptors (Lipinski definition) is 6. The van der Waals surface area contributed by atoms with Crippen molar-refractivity contribution in [2.24, 2.45) is 5.73 Å². The molecule has 0 aliphatic heterocycles. The van der Waals surface area contributed by atoms with E-state index in [1.165, 1.54) is 0 Å². The summed E-state index contributed by atoms with van der Waals surface area (Å²) in [4.78, 5) is 12.0. The zero-order chi connectivity index (χ0) is 15.2. The van der Waals surface area contributed by atoms with Crippen molar-refractivity contribution in [3.05, 3.63) is 30.1 Å². The van der Waals surface area contributed by atoms with Gasteiger partial charge in [-0.3, -0.25) is 4.79 Å². The third-order valence-electron chi connectivity index (χ3n) is 2.95. The molecule has 0 saturated heterocycles. The van der Waals surface area contributed by atoms with Crippen LogP contribution in [0.15, 0.2) is 24.3 Å². The van der Waals surface area contributed by atoms with Gasteiger partial charge in [-0.25, -0.2) is 0 Å². The van der Waals surface area contributed by atoms with Crippen LogP contribution in [0.1, 0.15) is 12.2 Å². The fraction of sp³-hybridized carbons (Fsp3) is 0.385. The van der Waals surface area contributed by atoms with Crippen molar-refractivity contribution < 1.29 is 4.79 Å². The van der Waals surface area contributed by atoms with Crippen molar-refractivity contribution >= 4 is 35.8 Å². The Kier molecular flexibility index (Phi) is 7.30. The van der Waals surface area contributed by atoms with Gasteiger partial charge in [0.25, 0.3) is 0 Å². The molecule has 120 valence electrons. The average Bonchev–Trinajstić information content (AvgIpc) is 2.91. The van der Waals surface area contributed by atoms with Gasteiger partial charge in [-0.05, 0) is 54.0 Å². The minimum Gasteiger partial charge on any atom is -0.325 e. The van der Waals surface area contributed by atoms with Crippen LogP contribution in [0.5, 0.6) is 0 Å². The topological polar surface area (TPSA) is 98.7 Å². The summed E-state index contributed by atoms with van der Waals surface area (Å²) in [5.41, 5.74) is 7.30. The van der Waals surface area contributed by atoms with Crippen molar-refractivity contribution in [1.82, 2.24) is 20.2 Å². The van der Waals surface area contributed by atoms with Crippen LogP contribution in [0.2, 0.25) is 0 Å². The number of thioether (sulfide) groups is 1. The van der Waals surface area contributed by atoms with Crippen molar-refractivity contribution in [2.45, 2.75) is 19.4 Å². The number of halogens is 1. The molecule has 0 saturated carbocycles. The summed E-state index contributed by atoms with van der Waals surface area (Å²) in [6.07, 6.45) is 2.64. The standard InChI is InChI=1S/C13H18N6OS.ClH/c1-9-16-17-18-19(9)11-5-3-4-10(8-11)15-13(20)12(14)6-7-21-2;/h3-5,8,12H,6-7,14H2,1-2H3,(H,15,20);1H/t12-;/m0./s1. The zero-order valence-corrected chi connectivity index (χ0v) is 14.0. The summed E-state index contributed by atoms with van der Waals surface area (Å²) in [6, 6.07) is 6.81. The maximum absolute atomic E-state index is 12.0. The van der Waals surface area contributed by atoms with Gasteiger partial charge in [0.15, 0.2) is 5.82 Å². The fourth-order valence-electron chi connectivity index (χ4n) is 1.80. The highest BCUT2D eigenvalue weighted by atomic mass is 35.5. The van der Waals surface area contributed by atoms with Gasteiger partial charge in [0.1, 0.15) is 0 Å². The first-order valence-electron chi connectivity index (χ1n) is 6.52. The fourth-order valence-corrected chi connectivity index (χ4v) is 2.29. The van der Waals surface area contributed by atoms with Crippen LogP contribution >= 0.6 is 24.2 Å². The third kappa shape index (κ3) is 4.69. The predicted octanol–water partition coefficient (Wildman–Crippen LogP) is 1.41. The number of hydrogen-bond donors (Lipinski definition) is 2. The third-order valence-corrected chi connectivity index (χ3v) is 3.60. The summed E-state index contributed by atoms with van der Waals surface area (Å²) < 4.78 is 1.60. The van der Waals surface area contributed by atoms with E-state index in [-0.39, 0.29) is 18.3 Å². The number of nitrogens with one attached hydrogen (secondary N) is 1. The van der Waals surface area contributed by atoms with Gasteiger partial charge in [0.2, 0.25) is 5.91 Å². The van der Waals surface area contributed by atoms with E-state index in [0.29, 0.717) is 17.9 Å². The van der Waals surface area contributed by atoms with Crippen LogP contribution < -0.4 is 11.1 Å². The van der Waals surface area contributed by atoms with Crippen molar-refractivity contribution in [2.75, 3.05) is 17.3 Å². The first kappa shape index (κ1) is 18.4. The highest BCUT2D eigenvalue weighted by molar-refractivity contribution is 7.98. The number of aryl methyl sites for hydroxylation is 1. The van der Waals surface area contributed by atoms with Crippen LogP contribution in [0.3, 0.4) is 0 Å². The number of anilines is 1. The van der Waals surface area contributed by atoms with Crippen molar-refractivity contribution in [3.8, 4) is 5.69 Å². The summed E-state index contributed by atoms with van der Waals surface area (Å²) in [6.45, 7) is 1.81. The summed E-state index contributed by atoms with van der Waals surface area (Å²) in [5.74, 6) is 1.35. The van der Waals surface area contributed by atoms with Gasteiger partial charge in [-0.1, -0.05) is 6.07 Å². The van der Waals surface area contributed by atoms with Crippen LogP contribution in [-0.2, 0) is 4.79 Å². The number of carbonyl (C=O) groups excluding carboxylic acids is 1. The lowest BCUT2D eigenvalue weighted by atomic mass is 10.2. The molecule has 0 radical (unpaired) electrons. The highest BCUT2D eigenvalue weighted by Gasteiger charge is 2.13. The molecule has 7 nitrogen and oxygen atoms in total. The minimum atomic E-state index is -0.504. The average molecular weight is 343 g/mol. The molecular formula is C13H19ClN6OS. The maximum Gasteiger partial charge on any atom is 0.241 e. The summed E-state index contributed by atoms with van der Waals surface area (Å²) >= 11 is 1.67. The number of rotatable bonds is 6. The second kappa shape index (κ2) is 8.72. The molecule has 1 atom stereocenters. The Hall–Kier alpha value is -1.64. The predicted molar refractivity (Wildman–Crippen MR) is 90.7 cm³/mol. The Labute approximate surface area is 139 Å². The van der Waals surface area contributed by atoms with E-state index in [0.717, 1.165) is 11.4 Å². The number of nitrogens with zero attached hydrogens (tertiary/aromatic N) is 4. The van der Waals surface area contributed by atoms with Gasteiger partial charge in [0.05, 0.1) is 11.7 Å². The first-order valence-corrected chi connectivity index (χ1v) is 7.92. The van der Waals surface area contributed by atoms with E-state index in [9.17, 15) is 4.79 Å². The van der Waals surface area contributed by atoms with Crippen LogP contribution in [-0.4, -0.2) is 44.2 Å². The monoisotopic (exact) mass is 342 g/mol. The number of aromatic nitrogens is 4. The molecular weight excluding hydrogens is 324 g/mol. The zero-order valence-electron chi connectivity index (χ0n) is 12.4. The number of nitrogens with two attached hydrogens (primary N) is 1. The Bertz CT molecular complexity index is 620. The molecule has 0 aliphatic rings. The van der Waals surface area contributed by atoms with E-state index in [2.05, 4.69) is 20.8 Å². The normalized spacial score (nSPS) is 11.6. The van der Waals surface area contributed by atoms with Gasteiger partial charge >= 0.3 is 0 Å². The van der Waals surface area contributed by atoms with E-state index >= 15 is 0 Å². The maximum atomic E-state index is 12.0. The molecule has 0 bridgehead atoms. The lowest BCUT2D eigenvalue weighted by Gasteiger charge is -2.12. The lowest BCUT2D eigenvalue weighted by Crippen LogP contribution is -2.36. The molecule has 1 aromatic heterocycles. The SMILES string of the molecule is CSCC[C@H](N)C(=O)Nc1cccc(-n2nnnc2C)c1.Cl.